The molecule has 1 fully saturated rings. The Balaban J connectivity index is 1.64. The predicted molar refractivity (Wildman–Crippen MR) is 91.4 cm³/mol. The molecule has 1 aromatic carbocycles. The van der Waals surface area contributed by atoms with Gasteiger partial charge in [-0.1, -0.05) is 6.07 Å². The fraction of sp³-hybridized carbons (Fsp3) is 0.312. The van der Waals surface area contributed by atoms with Gasteiger partial charge >= 0.3 is 0 Å². The highest BCUT2D eigenvalue weighted by Crippen LogP contribution is 2.21. The van der Waals surface area contributed by atoms with E-state index in [1.807, 2.05) is 18.2 Å². The van der Waals surface area contributed by atoms with Crippen LogP contribution in [0.2, 0.25) is 0 Å². The molecule has 1 aliphatic rings. The van der Waals surface area contributed by atoms with Gasteiger partial charge in [-0.05, 0) is 24.3 Å². The second kappa shape index (κ2) is 7.26. The van der Waals surface area contributed by atoms with Crippen LogP contribution in [-0.2, 0) is 16.6 Å². The molecule has 0 bridgehead atoms. The lowest BCUT2D eigenvalue weighted by molar-refractivity contribution is -0.384. The van der Waals surface area contributed by atoms with Crippen molar-refractivity contribution in [2.45, 2.75) is 11.4 Å². The van der Waals surface area contributed by atoms with Crippen LogP contribution < -0.4 is 0 Å². The number of aromatic nitrogens is 1. The minimum atomic E-state index is -3.63. The molecule has 0 amide bonds. The first kappa shape index (κ1) is 17.5. The zero-order valence-corrected chi connectivity index (χ0v) is 14.3. The summed E-state index contributed by atoms with van der Waals surface area (Å²) in [7, 11) is -3.63. The molecular formula is C16H18N4O4S. The number of benzene rings is 1. The van der Waals surface area contributed by atoms with E-state index in [4.69, 9.17) is 0 Å². The van der Waals surface area contributed by atoms with Gasteiger partial charge in [-0.3, -0.25) is 20.0 Å². The molecule has 0 spiro atoms. The number of non-ortho nitro benzene ring substituents is 1. The van der Waals surface area contributed by atoms with Crippen molar-refractivity contribution >= 4 is 15.7 Å². The molecular weight excluding hydrogens is 344 g/mol. The summed E-state index contributed by atoms with van der Waals surface area (Å²) in [4.78, 5) is 16.7. The lowest BCUT2D eigenvalue weighted by atomic mass is 10.3. The molecule has 1 saturated heterocycles. The van der Waals surface area contributed by atoms with Crippen molar-refractivity contribution in [1.82, 2.24) is 14.2 Å². The molecule has 2 heterocycles. The lowest BCUT2D eigenvalue weighted by Crippen LogP contribution is -2.48. The summed E-state index contributed by atoms with van der Waals surface area (Å²) in [6.45, 7) is 2.68. The van der Waals surface area contributed by atoms with Gasteiger partial charge in [-0.25, -0.2) is 8.42 Å². The third-order valence-corrected chi connectivity index (χ3v) is 6.04. The molecule has 25 heavy (non-hydrogen) atoms. The second-order valence-corrected chi connectivity index (χ2v) is 7.69. The minimum absolute atomic E-state index is 0.0799. The first-order valence-corrected chi connectivity index (χ1v) is 9.28. The van der Waals surface area contributed by atoms with Crippen molar-refractivity contribution in [3.8, 4) is 0 Å². The Morgan fingerprint density at radius 2 is 1.72 bits per heavy atom. The van der Waals surface area contributed by atoms with Crippen molar-refractivity contribution in [3.63, 3.8) is 0 Å². The van der Waals surface area contributed by atoms with E-state index in [2.05, 4.69) is 9.88 Å². The van der Waals surface area contributed by atoms with E-state index in [0.29, 0.717) is 32.7 Å². The Bertz CT molecular complexity index is 832. The molecule has 0 atom stereocenters. The van der Waals surface area contributed by atoms with Gasteiger partial charge in [-0.2, -0.15) is 4.31 Å². The molecule has 9 heteroatoms. The highest BCUT2D eigenvalue weighted by atomic mass is 32.2. The summed E-state index contributed by atoms with van der Waals surface area (Å²) < 4.78 is 26.7. The highest BCUT2D eigenvalue weighted by molar-refractivity contribution is 7.89. The Kier molecular flexibility index (Phi) is 5.07. The maximum absolute atomic E-state index is 12.7. The smallest absolute Gasteiger partial charge is 0.269 e. The number of piperazine rings is 1. The van der Waals surface area contributed by atoms with E-state index in [0.717, 1.165) is 5.69 Å². The van der Waals surface area contributed by atoms with Crippen LogP contribution in [0.3, 0.4) is 0 Å². The molecule has 8 nitrogen and oxygen atoms in total. The number of pyridine rings is 1. The van der Waals surface area contributed by atoms with Gasteiger partial charge in [0, 0.05) is 51.1 Å². The zero-order chi connectivity index (χ0) is 17.9. The largest absolute Gasteiger partial charge is 0.295 e. The van der Waals surface area contributed by atoms with Gasteiger partial charge in [0.2, 0.25) is 10.0 Å². The predicted octanol–water partition coefficient (Wildman–Crippen LogP) is 1.50. The maximum Gasteiger partial charge on any atom is 0.269 e. The van der Waals surface area contributed by atoms with E-state index in [1.165, 1.54) is 28.6 Å². The van der Waals surface area contributed by atoms with Gasteiger partial charge in [0.1, 0.15) is 0 Å². The molecule has 0 radical (unpaired) electrons. The SMILES string of the molecule is O=[N+]([O-])c1ccc(S(=O)(=O)N2CCN(Cc3ccccn3)CC2)cc1. The third kappa shape index (κ3) is 4.01. The van der Waals surface area contributed by atoms with E-state index in [-0.39, 0.29) is 10.6 Å². The van der Waals surface area contributed by atoms with Crippen LogP contribution in [0, 0.1) is 10.1 Å². The number of hydrogen-bond acceptors (Lipinski definition) is 6. The summed E-state index contributed by atoms with van der Waals surface area (Å²) >= 11 is 0. The van der Waals surface area contributed by atoms with Crippen LogP contribution in [-0.4, -0.2) is 53.7 Å². The van der Waals surface area contributed by atoms with Gasteiger partial charge in [-0.15, -0.1) is 0 Å². The lowest BCUT2D eigenvalue weighted by Gasteiger charge is -2.33. The number of rotatable bonds is 5. The third-order valence-electron chi connectivity index (χ3n) is 4.13. The first-order chi connectivity index (χ1) is 12.0. The summed E-state index contributed by atoms with van der Waals surface area (Å²) in [5.74, 6) is 0. The molecule has 3 rings (SSSR count). The quantitative estimate of drug-likeness (QED) is 0.591. The number of hydrogen-bond donors (Lipinski definition) is 0. The summed E-state index contributed by atoms with van der Waals surface area (Å²) in [5.41, 5.74) is 0.827. The molecule has 1 aromatic heterocycles. The fourth-order valence-corrected chi connectivity index (χ4v) is 4.16. The van der Waals surface area contributed by atoms with Crippen molar-refractivity contribution < 1.29 is 13.3 Å². The van der Waals surface area contributed by atoms with E-state index < -0.39 is 14.9 Å². The molecule has 2 aromatic rings. The van der Waals surface area contributed by atoms with Crippen molar-refractivity contribution in [2.24, 2.45) is 0 Å². The molecule has 0 N–H and O–H groups in total. The Morgan fingerprint density at radius 1 is 1.04 bits per heavy atom. The number of nitrogens with zero attached hydrogens (tertiary/aromatic N) is 4. The van der Waals surface area contributed by atoms with Gasteiger partial charge in [0.15, 0.2) is 0 Å². The average molecular weight is 362 g/mol. The molecule has 0 aliphatic carbocycles. The van der Waals surface area contributed by atoms with Gasteiger partial charge in [0.25, 0.3) is 5.69 Å². The topological polar surface area (TPSA) is 96.6 Å². The van der Waals surface area contributed by atoms with Crippen molar-refractivity contribution in [1.29, 1.82) is 0 Å². The first-order valence-electron chi connectivity index (χ1n) is 7.84. The van der Waals surface area contributed by atoms with Crippen LogP contribution >= 0.6 is 0 Å². The Hall–Kier alpha value is -2.36. The standard InChI is InChI=1S/C16H18N4O4S/c21-20(22)15-4-6-16(7-5-15)25(23,24)19-11-9-18(10-12-19)13-14-3-1-2-8-17-14/h1-8H,9-13H2. The summed E-state index contributed by atoms with van der Waals surface area (Å²) in [5, 5.41) is 10.7. The van der Waals surface area contributed by atoms with Gasteiger partial charge < -0.3 is 0 Å². The zero-order valence-electron chi connectivity index (χ0n) is 13.5. The van der Waals surface area contributed by atoms with E-state index in [9.17, 15) is 18.5 Å². The van der Waals surface area contributed by atoms with Crippen molar-refractivity contribution in [2.75, 3.05) is 26.2 Å². The fourth-order valence-electron chi connectivity index (χ4n) is 2.74. The highest BCUT2D eigenvalue weighted by Gasteiger charge is 2.28. The normalized spacial score (nSPS) is 16.6. The van der Waals surface area contributed by atoms with Crippen LogP contribution in [0.25, 0.3) is 0 Å². The minimum Gasteiger partial charge on any atom is -0.295 e. The van der Waals surface area contributed by atoms with Crippen LogP contribution in [0.4, 0.5) is 5.69 Å². The molecule has 0 saturated carbocycles. The maximum atomic E-state index is 12.7. The number of sulfonamides is 1. The monoisotopic (exact) mass is 362 g/mol. The summed E-state index contributed by atoms with van der Waals surface area (Å²) in [6, 6.07) is 10.7. The van der Waals surface area contributed by atoms with Crippen LogP contribution in [0.15, 0.2) is 53.6 Å². The number of nitro benzene ring substituents is 1. The Morgan fingerprint density at radius 3 is 2.28 bits per heavy atom. The summed E-state index contributed by atoms with van der Waals surface area (Å²) in [6.07, 6.45) is 1.74. The van der Waals surface area contributed by atoms with Crippen molar-refractivity contribution in [3.05, 3.63) is 64.5 Å². The molecule has 132 valence electrons. The van der Waals surface area contributed by atoms with E-state index >= 15 is 0 Å². The van der Waals surface area contributed by atoms with Crippen LogP contribution in [0.1, 0.15) is 5.69 Å². The van der Waals surface area contributed by atoms with Crippen LogP contribution in [0.5, 0.6) is 0 Å². The number of nitro groups is 1. The Labute approximate surface area is 145 Å². The van der Waals surface area contributed by atoms with E-state index in [1.54, 1.807) is 6.20 Å². The molecule has 1 aliphatic heterocycles. The second-order valence-electron chi connectivity index (χ2n) is 5.75. The average Bonchev–Trinajstić information content (AvgIpc) is 2.63. The van der Waals surface area contributed by atoms with Gasteiger partial charge in [0.05, 0.1) is 15.5 Å². The molecule has 0 unspecified atom stereocenters.